The van der Waals surface area contributed by atoms with E-state index in [1.165, 1.54) is 0 Å². The summed E-state index contributed by atoms with van der Waals surface area (Å²) in [6.45, 7) is 6.03. The molecule has 0 aromatic heterocycles. The minimum absolute atomic E-state index is 0. The molecule has 0 spiro atoms. The molecule has 1 amide bonds. The molecule has 0 saturated carbocycles. The summed E-state index contributed by atoms with van der Waals surface area (Å²) >= 11 is 11.9. The maximum absolute atomic E-state index is 11.6. The summed E-state index contributed by atoms with van der Waals surface area (Å²) in [6, 6.07) is 5.51. The van der Waals surface area contributed by atoms with Crippen LogP contribution in [0.4, 0.5) is 0 Å². The molecule has 0 saturated heterocycles. The Bertz CT molecular complexity index is 458. The number of nitrogens with one attached hydrogen (secondary N) is 2. The molecule has 7 heteroatoms. The molecule has 0 aliphatic rings. The summed E-state index contributed by atoms with van der Waals surface area (Å²) in [5.74, 6) is 0.575. The number of hydrogen-bond donors (Lipinski definition) is 2. The number of hydrogen-bond acceptors (Lipinski definition) is 3. The molecule has 0 bridgehead atoms. The van der Waals surface area contributed by atoms with Gasteiger partial charge in [0.15, 0.2) is 0 Å². The normalized spacial score (nSPS) is 11.5. The standard InChI is InChI=1S/C15H22Cl2N2O2.ClH/c1-3-18-11(2)10-19-14(20)8-5-9-21-13-7-4-6-12(16)15(13)17;/h4,6-7,11,18H,3,5,8-10H2,1-2H3,(H,19,20);1H/t11-;/m1./s1. The van der Waals surface area contributed by atoms with Crippen LogP contribution in [0.3, 0.4) is 0 Å². The van der Waals surface area contributed by atoms with Crippen molar-refractivity contribution in [2.24, 2.45) is 0 Å². The molecule has 1 rings (SSSR count). The molecule has 0 unspecified atom stereocenters. The molecular formula is C15H23Cl3N2O2. The fourth-order valence-electron chi connectivity index (χ4n) is 1.79. The molecule has 2 N–H and O–H groups in total. The first-order chi connectivity index (χ1) is 10.0. The number of ether oxygens (including phenoxy) is 1. The zero-order valence-electron chi connectivity index (χ0n) is 12.8. The van der Waals surface area contributed by atoms with Gasteiger partial charge < -0.3 is 15.4 Å². The first-order valence-corrected chi connectivity index (χ1v) is 7.87. The first kappa shape index (κ1) is 21.3. The van der Waals surface area contributed by atoms with Crippen molar-refractivity contribution in [2.75, 3.05) is 19.7 Å². The molecule has 4 nitrogen and oxygen atoms in total. The molecule has 0 aliphatic carbocycles. The Morgan fingerprint density at radius 2 is 2.09 bits per heavy atom. The second-order valence-corrected chi connectivity index (χ2v) is 5.55. The zero-order valence-corrected chi connectivity index (χ0v) is 15.2. The van der Waals surface area contributed by atoms with Gasteiger partial charge in [0.2, 0.25) is 5.91 Å². The molecule has 0 fully saturated rings. The van der Waals surface area contributed by atoms with Crippen LogP contribution in [-0.2, 0) is 4.79 Å². The Kier molecular flexibility index (Phi) is 11.5. The van der Waals surface area contributed by atoms with E-state index in [1.807, 2.05) is 13.8 Å². The predicted molar refractivity (Wildman–Crippen MR) is 94.6 cm³/mol. The van der Waals surface area contributed by atoms with Crippen LogP contribution >= 0.6 is 35.6 Å². The van der Waals surface area contributed by atoms with Crippen molar-refractivity contribution in [3.63, 3.8) is 0 Å². The van der Waals surface area contributed by atoms with Gasteiger partial charge in [0.1, 0.15) is 10.8 Å². The van der Waals surface area contributed by atoms with E-state index in [-0.39, 0.29) is 24.4 Å². The Labute approximate surface area is 148 Å². The topological polar surface area (TPSA) is 50.4 Å². The van der Waals surface area contributed by atoms with Gasteiger partial charge in [0, 0.05) is 19.0 Å². The highest BCUT2D eigenvalue weighted by atomic mass is 35.5. The van der Waals surface area contributed by atoms with E-state index in [0.717, 1.165) is 6.54 Å². The van der Waals surface area contributed by atoms with Crippen LogP contribution in [-0.4, -0.2) is 31.6 Å². The van der Waals surface area contributed by atoms with E-state index in [0.29, 0.717) is 41.8 Å². The van der Waals surface area contributed by atoms with Gasteiger partial charge in [0.05, 0.1) is 11.6 Å². The van der Waals surface area contributed by atoms with Gasteiger partial charge in [-0.05, 0) is 32.0 Å². The van der Waals surface area contributed by atoms with Crippen LogP contribution in [0.25, 0.3) is 0 Å². The van der Waals surface area contributed by atoms with Crippen molar-refractivity contribution >= 4 is 41.5 Å². The average molecular weight is 370 g/mol. The van der Waals surface area contributed by atoms with Crippen LogP contribution in [0, 0.1) is 0 Å². The minimum Gasteiger partial charge on any atom is -0.492 e. The third-order valence-electron chi connectivity index (χ3n) is 2.88. The third kappa shape index (κ3) is 8.08. The van der Waals surface area contributed by atoms with Crippen molar-refractivity contribution in [3.8, 4) is 5.75 Å². The number of likely N-dealkylation sites (N-methyl/N-ethyl adjacent to an activating group) is 1. The number of carbonyl (C=O) groups is 1. The Morgan fingerprint density at radius 3 is 2.77 bits per heavy atom. The van der Waals surface area contributed by atoms with E-state index in [9.17, 15) is 4.79 Å². The second kappa shape index (κ2) is 11.8. The highest BCUT2D eigenvalue weighted by Crippen LogP contribution is 2.31. The SMILES string of the molecule is CCN[C@H](C)CNC(=O)CCCOc1cccc(Cl)c1Cl.Cl. The van der Waals surface area contributed by atoms with E-state index < -0.39 is 0 Å². The summed E-state index contributed by atoms with van der Waals surface area (Å²) < 4.78 is 5.52. The number of benzene rings is 1. The maximum atomic E-state index is 11.6. The molecular weight excluding hydrogens is 347 g/mol. The van der Waals surface area contributed by atoms with Crippen LogP contribution in [0.1, 0.15) is 26.7 Å². The van der Waals surface area contributed by atoms with Crippen molar-refractivity contribution < 1.29 is 9.53 Å². The highest BCUT2D eigenvalue weighted by Gasteiger charge is 2.07. The third-order valence-corrected chi connectivity index (χ3v) is 3.68. The fourth-order valence-corrected chi connectivity index (χ4v) is 2.13. The van der Waals surface area contributed by atoms with E-state index in [1.54, 1.807) is 18.2 Å². The largest absolute Gasteiger partial charge is 0.492 e. The Hall–Kier alpha value is -0.680. The van der Waals surface area contributed by atoms with Crippen molar-refractivity contribution in [1.29, 1.82) is 0 Å². The van der Waals surface area contributed by atoms with Gasteiger partial charge in [-0.2, -0.15) is 0 Å². The van der Waals surface area contributed by atoms with E-state index in [2.05, 4.69) is 10.6 Å². The summed E-state index contributed by atoms with van der Waals surface area (Å²) in [7, 11) is 0. The van der Waals surface area contributed by atoms with Crippen LogP contribution in [0.2, 0.25) is 10.0 Å². The summed E-state index contributed by atoms with van der Waals surface area (Å²) in [6.07, 6.45) is 1.06. The van der Waals surface area contributed by atoms with Gasteiger partial charge >= 0.3 is 0 Å². The lowest BCUT2D eigenvalue weighted by atomic mass is 10.3. The molecule has 126 valence electrons. The maximum Gasteiger partial charge on any atom is 0.220 e. The molecule has 0 radical (unpaired) electrons. The lowest BCUT2D eigenvalue weighted by molar-refractivity contribution is -0.121. The Morgan fingerprint density at radius 1 is 1.36 bits per heavy atom. The van der Waals surface area contributed by atoms with Crippen molar-refractivity contribution in [2.45, 2.75) is 32.7 Å². The van der Waals surface area contributed by atoms with E-state index in [4.69, 9.17) is 27.9 Å². The van der Waals surface area contributed by atoms with Gasteiger partial charge in [-0.15, -0.1) is 12.4 Å². The molecule has 1 aromatic rings. The summed E-state index contributed by atoms with van der Waals surface area (Å²) in [4.78, 5) is 11.6. The van der Waals surface area contributed by atoms with Crippen LogP contribution in [0.15, 0.2) is 18.2 Å². The van der Waals surface area contributed by atoms with E-state index >= 15 is 0 Å². The minimum atomic E-state index is 0. The molecule has 22 heavy (non-hydrogen) atoms. The number of carbonyl (C=O) groups excluding carboxylic acids is 1. The zero-order chi connectivity index (χ0) is 15.7. The summed E-state index contributed by atoms with van der Waals surface area (Å²) in [5.41, 5.74) is 0. The highest BCUT2D eigenvalue weighted by molar-refractivity contribution is 6.42. The lowest BCUT2D eigenvalue weighted by Crippen LogP contribution is -2.38. The van der Waals surface area contributed by atoms with Gasteiger partial charge in [-0.1, -0.05) is 36.2 Å². The fraction of sp³-hybridized carbons (Fsp3) is 0.533. The molecule has 0 heterocycles. The number of amides is 1. The molecule has 0 aliphatic heterocycles. The summed E-state index contributed by atoms with van der Waals surface area (Å²) in [5, 5.41) is 6.98. The predicted octanol–water partition coefficient (Wildman–Crippen LogP) is 3.69. The van der Waals surface area contributed by atoms with Crippen LogP contribution in [0.5, 0.6) is 5.75 Å². The monoisotopic (exact) mass is 368 g/mol. The van der Waals surface area contributed by atoms with Crippen molar-refractivity contribution in [3.05, 3.63) is 28.2 Å². The quantitative estimate of drug-likeness (QED) is 0.653. The van der Waals surface area contributed by atoms with Crippen LogP contribution < -0.4 is 15.4 Å². The smallest absolute Gasteiger partial charge is 0.220 e. The second-order valence-electron chi connectivity index (χ2n) is 4.77. The molecule has 1 atom stereocenters. The van der Waals surface area contributed by atoms with Gasteiger partial charge in [-0.3, -0.25) is 4.79 Å². The average Bonchev–Trinajstić information content (AvgIpc) is 2.46. The molecule has 1 aromatic carbocycles. The van der Waals surface area contributed by atoms with Crippen molar-refractivity contribution in [1.82, 2.24) is 10.6 Å². The Balaban J connectivity index is 0.00000441. The number of halogens is 3. The lowest BCUT2D eigenvalue weighted by Gasteiger charge is -2.13. The number of rotatable bonds is 9. The van der Waals surface area contributed by atoms with Gasteiger partial charge in [0.25, 0.3) is 0 Å². The van der Waals surface area contributed by atoms with Gasteiger partial charge in [-0.25, -0.2) is 0 Å². The first-order valence-electron chi connectivity index (χ1n) is 7.11.